The number of aliphatic carboxylic acids is 1. The van der Waals surface area contributed by atoms with E-state index in [0.29, 0.717) is 25.5 Å². The van der Waals surface area contributed by atoms with E-state index in [0.717, 1.165) is 24.5 Å². The van der Waals surface area contributed by atoms with Gasteiger partial charge in [0.2, 0.25) is 0 Å². The second-order valence-corrected chi connectivity index (χ2v) is 7.37. The molecule has 0 spiro atoms. The molecular weight excluding hydrogens is 367 g/mol. The third-order valence-electron chi connectivity index (χ3n) is 5.44. The fourth-order valence-electron chi connectivity index (χ4n) is 3.83. The average molecular weight is 389 g/mol. The molecule has 3 heterocycles. The number of nitrogens with zero attached hydrogens (tertiary/aromatic N) is 3. The number of nitrogens with two attached hydrogens (primary N) is 1. The average Bonchev–Trinajstić information content (AvgIpc) is 3.42. The number of anilines is 1. The van der Waals surface area contributed by atoms with E-state index < -0.39 is 23.5 Å². The minimum Gasteiger partial charge on any atom is -0.504 e. The Kier molecular flexibility index (Phi) is 4.62. The number of pyridine rings is 1. The number of ketones is 1. The Morgan fingerprint density at radius 3 is 2.89 bits per heavy atom. The van der Waals surface area contributed by atoms with Crippen LogP contribution in [0.3, 0.4) is 0 Å². The van der Waals surface area contributed by atoms with Crippen LogP contribution in [0.25, 0.3) is 0 Å². The highest BCUT2D eigenvalue weighted by Crippen LogP contribution is 2.37. The highest BCUT2D eigenvalue weighted by atomic mass is 19.1. The Balaban J connectivity index is 1.76. The first-order chi connectivity index (χ1) is 13.4. The molecule has 0 radical (unpaired) electrons. The van der Waals surface area contributed by atoms with Crippen molar-refractivity contribution in [2.75, 3.05) is 31.6 Å². The summed E-state index contributed by atoms with van der Waals surface area (Å²) in [6, 6.07) is 1.21. The molecule has 2 unspecified atom stereocenters. The van der Waals surface area contributed by atoms with E-state index >= 15 is 0 Å². The molecule has 3 aliphatic rings. The zero-order chi connectivity index (χ0) is 20.0. The van der Waals surface area contributed by atoms with Crippen LogP contribution >= 0.6 is 0 Å². The summed E-state index contributed by atoms with van der Waals surface area (Å²) in [5.41, 5.74) is 6.80. The molecule has 2 fully saturated rings. The smallest absolute Gasteiger partial charge is 0.336 e. The molecule has 0 bridgehead atoms. The number of ether oxygens (including phenoxy) is 1. The zero-order valence-electron chi connectivity index (χ0n) is 15.5. The van der Waals surface area contributed by atoms with Crippen molar-refractivity contribution < 1.29 is 28.4 Å². The van der Waals surface area contributed by atoms with Crippen LogP contribution in [0.4, 0.5) is 16.0 Å². The van der Waals surface area contributed by atoms with E-state index in [9.17, 15) is 19.1 Å². The lowest BCUT2D eigenvalue weighted by molar-refractivity contribution is -0.458. The lowest BCUT2D eigenvalue weighted by atomic mass is 9.95. The van der Waals surface area contributed by atoms with Crippen molar-refractivity contribution in [3.05, 3.63) is 29.3 Å². The summed E-state index contributed by atoms with van der Waals surface area (Å²) in [7, 11) is 1.55. The number of carbonyl (C=O) groups excluding carboxylic acids is 1. The molecule has 1 aromatic heterocycles. The molecule has 3 N–H and O–H groups in total. The van der Waals surface area contributed by atoms with Crippen LogP contribution in [0.1, 0.15) is 23.2 Å². The summed E-state index contributed by atoms with van der Waals surface area (Å²) in [6.45, 7) is 1.32. The standard InChI is InChI=1S/C19H21FN4O4/c1-28-9-11-7-23(6-10(11)5-21)18-15(20)4-13-16(25)14(19(26)27)8-24(12-2-3-12)17(13)22-18/h4,8-10,12,14H,2-3,5-7,21H2,1H3/p+1/b11-9+. The van der Waals surface area contributed by atoms with Gasteiger partial charge in [0.15, 0.2) is 17.5 Å². The zero-order valence-corrected chi connectivity index (χ0v) is 15.5. The highest BCUT2D eigenvalue weighted by molar-refractivity contribution is 6.20. The minimum atomic E-state index is -1.32. The van der Waals surface area contributed by atoms with Crippen LogP contribution < -0.4 is 10.6 Å². The summed E-state index contributed by atoms with van der Waals surface area (Å²) in [5.74, 6) is -3.36. The van der Waals surface area contributed by atoms with Crippen molar-refractivity contribution in [2.24, 2.45) is 17.6 Å². The van der Waals surface area contributed by atoms with Gasteiger partial charge in [0.25, 0.3) is 5.82 Å². The highest BCUT2D eigenvalue weighted by Gasteiger charge is 2.45. The van der Waals surface area contributed by atoms with Gasteiger partial charge in [0.1, 0.15) is 11.6 Å². The molecule has 2 aliphatic heterocycles. The Morgan fingerprint density at radius 2 is 2.29 bits per heavy atom. The number of hydrogen-bond acceptors (Lipinski definition) is 6. The number of carboxylic acid groups (broad SMARTS) is 1. The van der Waals surface area contributed by atoms with Gasteiger partial charge in [0.05, 0.1) is 19.6 Å². The summed E-state index contributed by atoms with van der Waals surface area (Å²) < 4.78 is 21.7. The molecule has 4 rings (SSSR count). The van der Waals surface area contributed by atoms with E-state index in [1.807, 2.05) is 0 Å². The van der Waals surface area contributed by atoms with Gasteiger partial charge in [-0.2, -0.15) is 0 Å². The molecule has 28 heavy (non-hydrogen) atoms. The van der Waals surface area contributed by atoms with Gasteiger partial charge in [-0.05, 0) is 29.5 Å². The Hall–Kier alpha value is -2.81. The lowest BCUT2D eigenvalue weighted by Crippen LogP contribution is -2.35. The van der Waals surface area contributed by atoms with Gasteiger partial charge in [-0.1, -0.05) is 0 Å². The first-order valence-corrected chi connectivity index (χ1v) is 9.22. The van der Waals surface area contributed by atoms with Crippen LogP contribution in [0.5, 0.6) is 0 Å². The van der Waals surface area contributed by atoms with E-state index in [-0.39, 0.29) is 23.3 Å². The molecule has 0 amide bonds. The van der Waals surface area contributed by atoms with Crippen molar-refractivity contribution >= 4 is 29.6 Å². The van der Waals surface area contributed by atoms with Crippen molar-refractivity contribution in [2.45, 2.75) is 18.9 Å². The normalized spacial score (nSPS) is 25.7. The van der Waals surface area contributed by atoms with E-state index in [4.69, 9.17) is 10.5 Å². The monoisotopic (exact) mass is 389 g/mol. The van der Waals surface area contributed by atoms with Gasteiger partial charge in [0, 0.05) is 25.6 Å². The number of methoxy groups -OCH3 is 1. The number of fused-ring (bicyclic) bond motifs is 1. The van der Waals surface area contributed by atoms with Gasteiger partial charge >= 0.3 is 11.8 Å². The van der Waals surface area contributed by atoms with E-state index in [2.05, 4.69) is 4.98 Å². The van der Waals surface area contributed by atoms with Crippen LogP contribution in [0.2, 0.25) is 0 Å². The largest absolute Gasteiger partial charge is 0.504 e. The molecule has 1 aliphatic carbocycles. The third-order valence-corrected chi connectivity index (χ3v) is 5.44. The van der Waals surface area contributed by atoms with Crippen LogP contribution in [0, 0.1) is 17.7 Å². The molecule has 2 atom stereocenters. The topological polar surface area (TPSA) is 109 Å². The van der Waals surface area contributed by atoms with Crippen LogP contribution in [0.15, 0.2) is 17.9 Å². The van der Waals surface area contributed by atoms with Gasteiger partial charge in [-0.25, -0.2) is 8.97 Å². The maximum absolute atomic E-state index is 14.9. The number of Topliss-reactive ketones (excluding diaryl/α,β-unsaturated/α-hetero) is 1. The fraction of sp³-hybridized carbons (Fsp3) is 0.474. The van der Waals surface area contributed by atoms with Gasteiger partial charge in [-0.3, -0.25) is 9.59 Å². The molecule has 0 aromatic carbocycles. The Labute approximate surface area is 161 Å². The Morgan fingerprint density at radius 1 is 1.54 bits per heavy atom. The molecule has 8 nitrogen and oxygen atoms in total. The Bertz CT molecular complexity index is 909. The first kappa shape index (κ1) is 18.5. The molecule has 1 aromatic rings. The van der Waals surface area contributed by atoms with Gasteiger partial charge in [-0.15, -0.1) is 0 Å². The lowest BCUT2D eigenvalue weighted by Gasteiger charge is -2.19. The number of hydrogen-bond donors (Lipinski definition) is 2. The second kappa shape index (κ2) is 6.97. The van der Waals surface area contributed by atoms with Crippen molar-refractivity contribution in [3.8, 4) is 0 Å². The van der Waals surface area contributed by atoms with E-state index in [1.165, 1.54) is 6.21 Å². The molecular formula is C19H22FN4O4+. The van der Waals surface area contributed by atoms with Crippen molar-refractivity contribution in [1.29, 1.82) is 0 Å². The summed E-state index contributed by atoms with van der Waals surface area (Å²) in [5, 5.41) is 9.36. The molecule has 148 valence electrons. The first-order valence-electron chi connectivity index (χ1n) is 9.22. The SMILES string of the molecule is CO/C=C1\CN(c2nc3c(cc2F)C(=O)C(C(=O)O)C=[N+]3C2CC2)CC1CN. The predicted molar refractivity (Wildman–Crippen MR) is 98.5 cm³/mol. The quantitative estimate of drug-likeness (QED) is 0.438. The predicted octanol–water partition coefficient (Wildman–Crippen LogP) is 0.920. The molecule has 9 heteroatoms. The van der Waals surface area contributed by atoms with Crippen molar-refractivity contribution in [3.63, 3.8) is 0 Å². The molecule has 1 saturated heterocycles. The maximum atomic E-state index is 14.9. The van der Waals surface area contributed by atoms with Crippen molar-refractivity contribution in [1.82, 2.24) is 4.98 Å². The number of carbonyl (C=O) groups is 2. The number of carboxylic acids is 1. The van der Waals surface area contributed by atoms with E-state index in [1.54, 1.807) is 22.8 Å². The summed E-state index contributed by atoms with van der Waals surface area (Å²) in [4.78, 5) is 30.3. The molecule has 1 saturated carbocycles. The van der Waals surface area contributed by atoms with Gasteiger partial charge < -0.3 is 20.5 Å². The number of aromatic nitrogens is 1. The third kappa shape index (κ3) is 3.05. The summed E-state index contributed by atoms with van der Waals surface area (Å²) >= 11 is 0. The number of halogens is 1. The number of rotatable bonds is 5. The van der Waals surface area contributed by atoms with Crippen LogP contribution in [-0.4, -0.2) is 65.4 Å². The minimum absolute atomic E-state index is 0.0188. The van der Waals surface area contributed by atoms with Crippen LogP contribution in [-0.2, 0) is 9.53 Å². The summed E-state index contributed by atoms with van der Waals surface area (Å²) in [6.07, 6.45) is 4.79. The maximum Gasteiger partial charge on any atom is 0.336 e. The fourth-order valence-corrected chi connectivity index (χ4v) is 3.83. The second-order valence-electron chi connectivity index (χ2n) is 7.37.